The molecule has 1 aliphatic heterocycles. The normalized spacial score (nSPS) is 19.1. The third-order valence-corrected chi connectivity index (χ3v) is 8.87. The van der Waals surface area contributed by atoms with Crippen LogP contribution in [0.3, 0.4) is 0 Å². The first-order valence-corrected chi connectivity index (χ1v) is 16.3. The van der Waals surface area contributed by atoms with E-state index in [2.05, 4.69) is 16.3 Å². The Hall–Kier alpha value is -4.38. The molecule has 9 heteroatoms. The molecule has 252 valence electrons. The van der Waals surface area contributed by atoms with Gasteiger partial charge in [0, 0.05) is 37.5 Å². The van der Waals surface area contributed by atoms with Crippen LogP contribution in [0.5, 0.6) is 0 Å². The lowest BCUT2D eigenvalue weighted by atomic mass is 9.97. The number of hydrogen-bond donors (Lipinski definition) is 4. The van der Waals surface area contributed by atoms with Gasteiger partial charge in [-0.3, -0.25) is 14.5 Å². The highest BCUT2D eigenvalue weighted by Gasteiger charge is 2.34. The molecular weight excluding hydrogens is 608 g/mol. The summed E-state index contributed by atoms with van der Waals surface area (Å²) in [5, 5.41) is 32.3. The smallest absolute Gasteiger partial charge is 0.303 e. The fourth-order valence-electron chi connectivity index (χ4n) is 5.93. The molecule has 0 bridgehead atoms. The molecule has 5 atom stereocenters. The molecule has 1 aliphatic rings. The number of nitrogens with one attached hydrogen (secondary N) is 1. The molecule has 0 aliphatic carbocycles. The van der Waals surface area contributed by atoms with Gasteiger partial charge in [-0.25, -0.2) is 0 Å². The zero-order chi connectivity index (χ0) is 34.0. The third-order valence-electron chi connectivity index (χ3n) is 8.87. The summed E-state index contributed by atoms with van der Waals surface area (Å²) in [5.74, 6) is -1.31. The maximum Gasteiger partial charge on any atom is 0.303 e. The van der Waals surface area contributed by atoms with Crippen molar-refractivity contribution < 1.29 is 34.4 Å². The Morgan fingerprint density at radius 2 is 1.56 bits per heavy atom. The zero-order valence-electron chi connectivity index (χ0n) is 27.4. The van der Waals surface area contributed by atoms with Gasteiger partial charge < -0.3 is 30.1 Å². The molecule has 4 N–H and O–H groups in total. The number of benzene rings is 4. The molecule has 0 aromatic heterocycles. The summed E-state index contributed by atoms with van der Waals surface area (Å²) in [5.41, 5.74) is 6.37. The van der Waals surface area contributed by atoms with Crippen LogP contribution in [0, 0.1) is 0 Å². The number of aliphatic carboxylic acids is 1. The summed E-state index contributed by atoms with van der Waals surface area (Å²) in [4.78, 5) is 25.0. The van der Waals surface area contributed by atoms with Crippen LogP contribution < -0.4 is 5.32 Å². The van der Waals surface area contributed by atoms with Crippen LogP contribution in [-0.2, 0) is 32.2 Å². The number of carbonyl (C=O) groups excluding carboxylic acids is 1. The van der Waals surface area contributed by atoms with Gasteiger partial charge in [-0.05, 0) is 59.5 Å². The summed E-state index contributed by atoms with van der Waals surface area (Å²) < 4.78 is 13.2. The van der Waals surface area contributed by atoms with Gasteiger partial charge >= 0.3 is 5.97 Å². The molecule has 4 aromatic carbocycles. The van der Waals surface area contributed by atoms with Crippen molar-refractivity contribution >= 4 is 11.9 Å². The number of carboxylic acid groups (broad SMARTS) is 1. The van der Waals surface area contributed by atoms with Gasteiger partial charge in [0.15, 0.2) is 6.29 Å². The van der Waals surface area contributed by atoms with E-state index in [0.29, 0.717) is 19.5 Å². The second-order valence-corrected chi connectivity index (χ2v) is 12.4. The Kier molecular flexibility index (Phi) is 12.1. The Morgan fingerprint density at radius 1 is 0.854 bits per heavy atom. The summed E-state index contributed by atoms with van der Waals surface area (Å²) in [7, 11) is 2.00. The van der Waals surface area contributed by atoms with Crippen molar-refractivity contribution in [1.29, 1.82) is 0 Å². The largest absolute Gasteiger partial charge is 0.481 e. The summed E-state index contributed by atoms with van der Waals surface area (Å²) >= 11 is 0. The molecule has 4 aromatic rings. The van der Waals surface area contributed by atoms with Crippen LogP contribution in [0.25, 0.3) is 11.1 Å². The summed E-state index contributed by atoms with van der Waals surface area (Å²) in [6.07, 6.45) is -1.39. The average Bonchev–Trinajstić information content (AvgIpc) is 3.12. The third kappa shape index (κ3) is 9.37. The highest BCUT2D eigenvalue weighted by atomic mass is 16.7. The van der Waals surface area contributed by atoms with Crippen molar-refractivity contribution in [3.05, 3.63) is 131 Å². The van der Waals surface area contributed by atoms with Crippen molar-refractivity contribution in [1.82, 2.24) is 10.2 Å². The second-order valence-electron chi connectivity index (χ2n) is 12.4. The molecule has 9 nitrogen and oxygen atoms in total. The van der Waals surface area contributed by atoms with Crippen LogP contribution in [-0.4, -0.2) is 57.8 Å². The van der Waals surface area contributed by atoms with Gasteiger partial charge in [0.05, 0.1) is 31.3 Å². The zero-order valence-corrected chi connectivity index (χ0v) is 27.4. The van der Waals surface area contributed by atoms with Crippen molar-refractivity contribution in [3.8, 4) is 11.1 Å². The Labute approximate surface area is 281 Å². The van der Waals surface area contributed by atoms with E-state index in [-0.39, 0.29) is 43.6 Å². The highest BCUT2D eigenvalue weighted by Crippen LogP contribution is 2.39. The average molecular weight is 653 g/mol. The summed E-state index contributed by atoms with van der Waals surface area (Å²) in [6, 6.07) is 33.2. The minimum absolute atomic E-state index is 0.0301. The quantitative estimate of drug-likeness (QED) is 0.132. The lowest BCUT2D eigenvalue weighted by Crippen LogP contribution is -2.43. The molecule has 1 heterocycles. The van der Waals surface area contributed by atoms with Crippen molar-refractivity contribution in [3.63, 3.8) is 0 Å². The van der Waals surface area contributed by atoms with Crippen LogP contribution in [0.1, 0.15) is 72.5 Å². The number of hydrogen-bond acceptors (Lipinski definition) is 7. The molecule has 0 saturated carbocycles. The molecular formula is C39H44N2O7. The van der Waals surface area contributed by atoms with E-state index in [9.17, 15) is 19.8 Å². The Morgan fingerprint density at radius 3 is 2.27 bits per heavy atom. The van der Waals surface area contributed by atoms with Gasteiger partial charge in [-0.15, -0.1) is 0 Å². The van der Waals surface area contributed by atoms with Gasteiger partial charge in [0.1, 0.15) is 0 Å². The lowest BCUT2D eigenvalue weighted by Gasteiger charge is -2.39. The fraction of sp³-hybridized carbons (Fsp3) is 0.333. The first-order chi connectivity index (χ1) is 23.2. The standard InChI is InChI=1S/C39H44N2O7/c1-26(38(46)30-9-4-3-5-10-30)41(2)24-34-22-35(29-16-14-27(25-42)15-17-29)48-39(47-34)33-13-7-12-32(21-33)31-11-6-8-28(20-31)23-40-36(43)18-19-37(44)45/h3-17,20-21,26,34-35,38-39,42,46H,18-19,22-25H2,1-2H3,(H,40,43)(H,44,45). The van der Waals surface area contributed by atoms with E-state index in [1.165, 1.54) is 0 Å². The van der Waals surface area contributed by atoms with Crippen LogP contribution >= 0.6 is 0 Å². The van der Waals surface area contributed by atoms with Crippen LogP contribution in [0.2, 0.25) is 0 Å². The van der Waals surface area contributed by atoms with Gasteiger partial charge in [-0.1, -0.05) is 91.0 Å². The number of carbonyl (C=O) groups is 2. The number of aliphatic hydroxyl groups is 2. The van der Waals surface area contributed by atoms with E-state index in [1.54, 1.807) is 0 Å². The fourth-order valence-corrected chi connectivity index (χ4v) is 5.93. The second kappa shape index (κ2) is 16.6. The molecule has 0 spiro atoms. The van der Waals surface area contributed by atoms with Gasteiger partial charge in [0.25, 0.3) is 0 Å². The minimum atomic E-state index is -1.00. The van der Waals surface area contributed by atoms with Crippen molar-refractivity contribution in [2.24, 2.45) is 0 Å². The molecule has 0 radical (unpaired) electrons. The van der Waals surface area contributed by atoms with E-state index in [0.717, 1.165) is 38.9 Å². The number of rotatable bonds is 14. The number of carboxylic acids is 1. The van der Waals surface area contributed by atoms with Crippen molar-refractivity contribution in [2.45, 2.75) is 70.0 Å². The maximum atomic E-state index is 12.1. The van der Waals surface area contributed by atoms with Crippen molar-refractivity contribution in [2.75, 3.05) is 13.6 Å². The van der Waals surface area contributed by atoms with Crippen LogP contribution in [0.15, 0.2) is 103 Å². The molecule has 1 saturated heterocycles. The van der Waals surface area contributed by atoms with E-state index in [1.807, 2.05) is 111 Å². The summed E-state index contributed by atoms with van der Waals surface area (Å²) in [6.45, 7) is 2.86. The van der Waals surface area contributed by atoms with E-state index < -0.39 is 18.4 Å². The molecule has 48 heavy (non-hydrogen) atoms. The topological polar surface area (TPSA) is 129 Å². The number of aliphatic hydroxyl groups excluding tert-OH is 2. The number of amides is 1. The number of nitrogens with zero attached hydrogens (tertiary/aromatic N) is 1. The SMILES string of the molecule is CC(C(O)c1ccccc1)N(C)CC1CC(c2ccc(CO)cc2)OC(c2cccc(-c3cccc(CNC(=O)CCC(=O)O)c3)c2)O1. The Balaban J connectivity index is 1.34. The molecule has 1 amide bonds. The predicted octanol–water partition coefficient (Wildman–Crippen LogP) is 5.93. The van der Waals surface area contributed by atoms with E-state index in [4.69, 9.17) is 14.6 Å². The molecule has 1 fully saturated rings. The molecule has 5 unspecified atom stereocenters. The van der Waals surface area contributed by atoms with E-state index >= 15 is 0 Å². The lowest BCUT2D eigenvalue weighted by molar-refractivity contribution is -0.253. The first-order valence-electron chi connectivity index (χ1n) is 16.3. The van der Waals surface area contributed by atoms with Gasteiger partial charge in [-0.2, -0.15) is 0 Å². The number of ether oxygens (including phenoxy) is 2. The minimum Gasteiger partial charge on any atom is -0.481 e. The van der Waals surface area contributed by atoms with Crippen LogP contribution in [0.4, 0.5) is 0 Å². The highest BCUT2D eigenvalue weighted by molar-refractivity contribution is 5.80. The first kappa shape index (κ1) is 34.9. The van der Waals surface area contributed by atoms with Gasteiger partial charge in [0.2, 0.25) is 5.91 Å². The molecule has 5 rings (SSSR count). The predicted molar refractivity (Wildman–Crippen MR) is 183 cm³/mol. The Bertz CT molecular complexity index is 1650. The number of likely N-dealkylation sites (N-methyl/N-ethyl adjacent to an activating group) is 1. The maximum absolute atomic E-state index is 12.1. The monoisotopic (exact) mass is 652 g/mol.